The van der Waals surface area contributed by atoms with Crippen LogP contribution in [0.1, 0.15) is 36.0 Å². The van der Waals surface area contributed by atoms with Crippen molar-refractivity contribution in [3.8, 4) is 0 Å². The smallest absolute Gasteiger partial charge is 0.259 e. The number of hydrogen-bond donors (Lipinski definition) is 3. The summed E-state index contributed by atoms with van der Waals surface area (Å²) in [4.78, 5) is 17.5. The molecule has 1 fully saturated rings. The number of para-hydroxylation sites is 1. The molecule has 5 nitrogen and oxygen atoms in total. The quantitative estimate of drug-likeness (QED) is 0.592. The Morgan fingerprint density at radius 1 is 1.04 bits per heavy atom. The van der Waals surface area contributed by atoms with E-state index in [2.05, 4.69) is 15.6 Å². The third-order valence-electron chi connectivity index (χ3n) is 5.24. The molecule has 4 N–H and O–H groups in total. The topological polar surface area (TPSA) is 80.0 Å². The van der Waals surface area contributed by atoms with Crippen LogP contribution in [-0.2, 0) is 0 Å². The van der Waals surface area contributed by atoms with Crippen LogP contribution in [0.25, 0.3) is 10.9 Å². The Kier molecular flexibility index (Phi) is 5.46. The highest BCUT2D eigenvalue weighted by Crippen LogP contribution is 2.30. The summed E-state index contributed by atoms with van der Waals surface area (Å²) in [5, 5.41) is 8.12. The summed E-state index contributed by atoms with van der Waals surface area (Å²) < 4.78 is 0. The Labute approximate surface area is 169 Å². The number of benzene rings is 2. The van der Waals surface area contributed by atoms with Gasteiger partial charge in [0.1, 0.15) is 0 Å². The first kappa shape index (κ1) is 18.7. The van der Waals surface area contributed by atoms with Crippen molar-refractivity contribution >= 4 is 39.8 Å². The lowest BCUT2D eigenvalue weighted by Crippen LogP contribution is -2.33. The van der Waals surface area contributed by atoms with E-state index in [4.69, 9.17) is 17.3 Å². The van der Waals surface area contributed by atoms with E-state index in [1.54, 1.807) is 30.5 Å². The molecular formula is C22H23ClN4O. The maximum Gasteiger partial charge on any atom is 0.259 e. The van der Waals surface area contributed by atoms with Crippen molar-refractivity contribution in [2.45, 2.75) is 37.8 Å². The number of nitrogens with zero attached hydrogens (tertiary/aromatic N) is 1. The molecule has 144 valence electrons. The monoisotopic (exact) mass is 394 g/mol. The van der Waals surface area contributed by atoms with E-state index in [1.165, 1.54) is 0 Å². The lowest BCUT2D eigenvalue weighted by Gasteiger charge is -2.28. The standard InChI is InChI=1S/C22H23ClN4O/c23-14-5-9-17(10-6-14)27-22(28)19-13-25-20-4-2-1-3-18(20)21(19)26-16-11-7-15(24)8-12-16/h1-6,9-10,13,15-16H,7-8,11-12,24H2,(H,25,26)(H,27,28)/t15-,16-. The number of halogens is 1. The highest BCUT2D eigenvalue weighted by atomic mass is 35.5. The van der Waals surface area contributed by atoms with Gasteiger partial charge in [0.05, 0.1) is 16.8 Å². The Morgan fingerprint density at radius 2 is 1.75 bits per heavy atom. The maximum absolute atomic E-state index is 13.0. The van der Waals surface area contributed by atoms with Crippen LogP contribution in [0.4, 0.5) is 11.4 Å². The van der Waals surface area contributed by atoms with Crippen molar-refractivity contribution in [2.75, 3.05) is 10.6 Å². The van der Waals surface area contributed by atoms with Crippen LogP contribution < -0.4 is 16.4 Å². The molecule has 1 amide bonds. The van der Waals surface area contributed by atoms with Gasteiger partial charge < -0.3 is 16.4 Å². The fourth-order valence-electron chi connectivity index (χ4n) is 3.67. The third-order valence-corrected chi connectivity index (χ3v) is 5.49. The van der Waals surface area contributed by atoms with Gasteiger partial charge in [-0.15, -0.1) is 0 Å². The summed E-state index contributed by atoms with van der Waals surface area (Å²) >= 11 is 5.93. The maximum atomic E-state index is 13.0. The number of nitrogens with one attached hydrogen (secondary N) is 2. The number of carbonyl (C=O) groups is 1. The molecule has 1 aromatic heterocycles. The van der Waals surface area contributed by atoms with Crippen LogP contribution in [0.3, 0.4) is 0 Å². The van der Waals surface area contributed by atoms with Gasteiger partial charge >= 0.3 is 0 Å². The average molecular weight is 395 g/mol. The first-order chi connectivity index (χ1) is 13.6. The normalized spacial score (nSPS) is 19.4. The van der Waals surface area contributed by atoms with E-state index in [0.717, 1.165) is 42.3 Å². The number of anilines is 2. The largest absolute Gasteiger partial charge is 0.381 e. The van der Waals surface area contributed by atoms with Gasteiger partial charge in [-0.3, -0.25) is 9.78 Å². The molecule has 2 aromatic carbocycles. The van der Waals surface area contributed by atoms with Gasteiger partial charge in [0.15, 0.2) is 0 Å². The van der Waals surface area contributed by atoms with Gasteiger partial charge in [0, 0.05) is 34.4 Å². The predicted octanol–water partition coefficient (Wildman–Crippen LogP) is 4.82. The first-order valence-electron chi connectivity index (χ1n) is 9.57. The van der Waals surface area contributed by atoms with Crippen LogP contribution >= 0.6 is 11.6 Å². The molecule has 28 heavy (non-hydrogen) atoms. The van der Waals surface area contributed by atoms with Crippen LogP contribution in [0, 0.1) is 0 Å². The van der Waals surface area contributed by atoms with Gasteiger partial charge in [0.2, 0.25) is 0 Å². The molecule has 3 aromatic rings. The van der Waals surface area contributed by atoms with Crippen molar-refractivity contribution in [3.63, 3.8) is 0 Å². The molecule has 0 radical (unpaired) electrons. The number of fused-ring (bicyclic) bond motifs is 1. The minimum Gasteiger partial charge on any atom is -0.381 e. The third kappa shape index (κ3) is 4.11. The van der Waals surface area contributed by atoms with E-state index in [-0.39, 0.29) is 11.9 Å². The minimum atomic E-state index is -0.199. The fraction of sp³-hybridized carbons (Fsp3) is 0.273. The van der Waals surface area contributed by atoms with Gasteiger partial charge in [-0.2, -0.15) is 0 Å². The second-order valence-electron chi connectivity index (χ2n) is 7.28. The lowest BCUT2D eigenvalue weighted by atomic mass is 9.91. The number of carbonyl (C=O) groups excluding carboxylic acids is 1. The minimum absolute atomic E-state index is 0.199. The highest BCUT2D eigenvalue weighted by molar-refractivity contribution is 6.30. The SMILES string of the molecule is N[C@H]1CC[C@H](Nc2c(C(=O)Nc3ccc(Cl)cc3)cnc3ccccc23)CC1. The zero-order chi connectivity index (χ0) is 19.5. The fourth-order valence-corrected chi connectivity index (χ4v) is 3.79. The van der Waals surface area contributed by atoms with E-state index in [1.807, 2.05) is 24.3 Å². The molecule has 4 rings (SSSR count). The molecule has 0 saturated heterocycles. The van der Waals surface area contributed by atoms with Crippen LogP contribution in [0.15, 0.2) is 54.7 Å². The van der Waals surface area contributed by atoms with E-state index >= 15 is 0 Å². The van der Waals surface area contributed by atoms with E-state index in [0.29, 0.717) is 22.3 Å². The second-order valence-corrected chi connectivity index (χ2v) is 7.72. The van der Waals surface area contributed by atoms with E-state index < -0.39 is 0 Å². The van der Waals surface area contributed by atoms with Gasteiger partial charge in [0.25, 0.3) is 5.91 Å². The Balaban J connectivity index is 1.66. The van der Waals surface area contributed by atoms with Crippen molar-refractivity contribution < 1.29 is 4.79 Å². The van der Waals surface area contributed by atoms with Gasteiger partial charge in [-0.25, -0.2) is 0 Å². The molecule has 0 aliphatic heterocycles. The van der Waals surface area contributed by atoms with Crippen LogP contribution in [0.5, 0.6) is 0 Å². The molecule has 0 spiro atoms. The summed E-state index contributed by atoms with van der Waals surface area (Å²) in [7, 11) is 0. The summed E-state index contributed by atoms with van der Waals surface area (Å²) in [6.45, 7) is 0. The zero-order valence-corrected chi connectivity index (χ0v) is 16.2. The van der Waals surface area contributed by atoms with Crippen molar-refractivity contribution in [1.82, 2.24) is 4.98 Å². The predicted molar refractivity (Wildman–Crippen MR) is 115 cm³/mol. The number of nitrogens with two attached hydrogens (primary N) is 1. The summed E-state index contributed by atoms with van der Waals surface area (Å²) in [6, 6.07) is 15.5. The second kappa shape index (κ2) is 8.17. The Hall–Kier alpha value is -2.63. The molecule has 0 bridgehead atoms. The van der Waals surface area contributed by atoms with Crippen molar-refractivity contribution in [3.05, 3.63) is 65.3 Å². The summed E-state index contributed by atoms with van der Waals surface area (Å²) in [5.74, 6) is -0.199. The molecule has 1 aliphatic carbocycles. The van der Waals surface area contributed by atoms with E-state index in [9.17, 15) is 4.79 Å². The number of rotatable bonds is 4. The molecule has 6 heteroatoms. The number of amides is 1. The molecular weight excluding hydrogens is 372 g/mol. The number of hydrogen-bond acceptors (Lipinski definition) is 4. The van der Waals surface area contributed by atoms with Crippen LogP contribution in [0.2, 0.25) is 5.02 Å². The zero-order valence-electron chi connectivity index (χ0n) is 15.5. The van der Waals surface area contributed by atoms with Gasteiger partial charge in [-0.05, 0) is 56.0 Å². The highest BCUT2D eigenvalue weighted by Gasteiger charge is 2.22. The number of pyridine rings is 1. The average Bonchev–Trinajstić information content (AvgIpc) is 2.71. The molecule has 1 aliphatic rings. The lowest BCUT2D eigenvalue weighted by molar-refractivity contribution is 0.102. The molecule has 1 saturated carbocycles. The van der Waals surface area contributed by atoms with Crippen LogP contribution in [-0.4, -0.2) is 23.0 Å². The van der Waals surface area contributed by atoms with Gasteiger partial charge in [-0.1, -0.05) is 29.8 Å². The Morgan fingerprint density at radius 3 is 2.50 bits per heavy atom. The summed E-state index contributed by atoms with van der Waals surface area (Å²) in [6.07, 6.45) is 5.62. The van der Waals surface area contributed by atoms with Crippen molar-refractivity contribution in [2.24, 2.45) is 5.73 Å². The molecule has 0 unspecified atom stereocenters. The molecule has 1 heterocycles. The molecule has 0 atom stereocenters. The first-order valence-corrected chi connectivity index (χ1v) is 9.95. The van der Waals surface area contributed by atoms with Crippen molar-refractivity contribution in [1.29, 1.82) is 0 Å². The summed E-state index contributed by atoms with van der Waals surface area (Å²) in [5.41, 5.74) is 8.96. The Bertz CT molecular complexity index is 981. The number of aromatic nitrogens is 1.